The number of guanidine groups is 1. The van der Waals surface area contributed by atoms with Crippen LogP contribution in [0.1, 0.15) is 43.5 Å². The van der Waals surface area contributed by atoms with Crippen molar-refractivity contribution in [1.29, 1.82) is 0 Å². The smallest absolute Gasteiger partial charge is 0.243 e. The minimum atomic E-state index is 0.0414. The SMILES string of the molecule is CC(NC(=NCC(=O)N(C)C)N1CC2CCCCC2C1)c1cccs1. The average Bonchev–Trinajstić information content (AvgIpc) is 3.26. The number of likely N-dealkylation sites (tertiary alicyclic amines) is 1. The molecule has 1 aliphatic heterocycles. The third-order valence-electron chi connectivity index (χ3n) is 5.45. The van der Waals surface area contributed by atoms with Gasteiger partial charge >= 0.3 is 0 Å². The number of hydrogen-bond donors (Lipinski definition) is 1. The van der Waals surface area contributed by atoms with E-state index in [0.29, 0.717) is 0 Å². The van der Waals surface area contributed by atoms with Crippen LogP contribution in [0.25, 0.3) is 0 Å². The number of likely N-dealkylation sites (N-methyl/N-ethyl adjacent to an activating group) is 1. The summed E-state index contributed by atoms with van der Waals surface area (Å²) < 4.78 is 0. The number of carbonyl (C=O) groups is 1. The number of hydrogen-bond acceptors (Lipinski definition) is 3. The maximum atomic E-state index is 12.0. The second-order valence-corrected chi connectivity index (χ2v) is 8.50. The molecule has 6 heteroatoms. The van der Waals surface area contributed by atoms with Gasteiger partial charge in [-0.2, -0.15) is 0 Å². The average molecular weight is 363 g/mol. The Morgan fingerprint density at radius 3 is 2.60 bits per heavy atom. The van der Waals surface area contributed by atoms with Crippen molar-refractivity contribution in [2.75, 3.05) is 33.7 Å². The van der Waals surface area contributed by atoms with Crippen LogP contribution in [0.5, 0.6) is 0 Å². The summed E-state index contributed by atoms with van der Waals surface area (Å²) in [6.07, 6.45) is 5.40. The molecule has 1 aliphatic carbocycles. The zero-order valence-corrected chi connectivity index (χ0v) is 16.4. The van der Waals surface area contributed by atoms with E-state index in [1.54, 1.807) is 30.3 Å². The number of nitrogens with one attached hydrogen (secondary N) is 1. The van der Waals surface area contributed by atoms with E-state index in [-0.39, 0.29) is 18.5 Å². The largest absolute Gasteiger partial charge is 0.349 e. The molecule has 1 aromatic heterocycles. The van der Waals surface area contributed by atoms with Crippen molar-refractivity contribution >= 4 is 23.2 Å². The van der Waals surface area contributed by atoms with Gasteiger partial charge in [0, 0.05) is 32.1 Å². The van der Waals surface area contributed by atoms with E-state index in [1.165, 1.54) is 30.6 Å². The van der Waals surface area contributed by atoms with Crippen LogP contribution in [0.4, 0.5) is 0 Å². The predicted octanol–water partition coefficient (Wildman–Crippen LogP) is 2.96. The van der Waals surface area contributed by atoms with Crippen LogP contribution in [0.2, 0.25) is 0 Å². The molecule has 3 atom stereocenters. The molecule has 3 unspecified atom stereocenters. The van der Waals surface area contributed by atoms with Gasteiger partial charge in [0.25, 0.3) is 0 Å². The molecule has 2 fully saturated rings. The number of aliphatic imine (C=N–C) groups is 1. The number of thiophene rings is 1. The summed E-state index contributed by atoms with van der Waals surface area (Å²) in [5, 5.41) is 5.68. The van der Waals surface area contributed by atoms with Gasteiger partial charge in [-0.25, -0.2) is 4.99 Å². The van der Waals surface area contributed by atoms with Crippen molar-refractivity contribution in [3.8, 4) is 0 Å². The van der Waals surface area contributed by atoms with Crippen molar-refractivity contribution in [1.82, 2.24) is 15.1 Å². The molecule has 0 bridgehead atoms. The molecule has 1 saturated heterocycles. The number of nitrogens with zero attached hydrogens (tertiary/aromatic N) is 3. The molecule has 2 aliphatic rings. The fourth-order valence-electron chi connectivity index (χ4n) is 3.90. The molecule has 1 amide bonds. The summed E-state index contributed by atoms with van der Waals surface area (Å²) in [5.74, 6) is 2.52. The van der Waals surface area contributed by atoms with E-state index in [1.807, 2.05) is 0 Å². The van der Waals surface area contributed by atoms with Gasteiger partial charge in [-0.3, -0.25) is 4.79 Å². The highest BCUT2D eigenvalue weighted by molar-refractivity contribution is 7.10. The Bertz CT molecular complexity index is 585. The molecule has 5 nitrogen and oxygen atoms in total. The molecule has 0 spiro atoms. The van der Waals surface area contributed by atoms with E-state index < -0.39 is 0 Å². The maximum Gasteiger partial charge on any atom is 0.243 e. The lowest BCUT2D eigenvalue weighted by Gasteiger charge is -2.25. The van der Waals surface area contributed by atoms with Gasteiger partial charge in [0.05, 0.1) is 6.04 Å². The van der Waals surface area contributed by atoms with Crippen molar-refractivity contribution in [3.63, 3.8) is 0 Å². The molecule has 0 radical (unpaired) electrons. The normalized spacial score (nSPS) is 24.8. The first kappa shape index (κ1) is 18.2. The molecule has 2 heterocycles. The van der Waals surface area contributed by atoms with Crippen LogP contribution >= 0.6 is 11.3 Å². The fourth-order valence-corrected chi connectivity index (χ4v) is 4.64. The Balaban J connectivity index is 1.72. The first-order chi connectivity index (χ1) is 12.0. The summed E-state index contributed by atoms with van der Waals surface area (Å²) >= 11 is 1.75. The number of fused-ring (bicyclic) bond motifs is 1. The van der Waals surface area contributed by atoms with Gasteiger partial charge < -0.3 is 15.1 Å². The third-order valence-corrected chi connectivity index (χ3v) is 6.51. The molecular weight excluding hydrogens is 332 g/mol. The van der Waals surface area contributed by atoms with Crippen LogP contribution in [0, 0.1) is 11.8 Å². The van der Waals surface area contributed by atoms with Gasteiger partial charge in [0.1, 0.15) is 6.54 Å². The molecule has 1 saturated carbocycles. The molecule has 3 rings (SSSR count). The quantitative estimate of drug-likeness (QED) is 0.662. The summed E-state index contributed by atoms with van der Waals surface area (Å²) in [6, 6.07) is 4.43. The first-order valence-corrected chi connectivity index (χ1v) is 10.2. The van der Waals surface area contributed by atoms with Crippen LogP contribution in [0.3, 0.4) is 0 Å². The molecule has 1 aromatic rings. The predicted molar refractivity (Wildman–Crippen MR) is 104 cm³/mol. The summed E-state index contributed by atoms with van der Waals surface area (Å²) in [6.45, 7) is 4.52. The molecule has 0 aromatic carbocycles. The van der Waals surface area contributed by atoms with E-state index in [9.17, 15) is 4.79 Å². The Morgan fingerprint density at radius 2 is 2.04 bits per heavy atom. The van der Waals surface area contributed by atoms with Gasteiger partial charge in [-0.15, -0.1) is 11.3 Å². The summed E-state index contributed by atoms with van der Waals surface area (Å²) in [5.41, 5.74) is 0. The minimum Gasteiger partial charge on any atom is -0.349 e. The first-order valence-electron chi connectivity index (χ1n) is 9.34. The second kappa shape index (κ2) is 8.21. The monoisotopic (exact) mass is 362 g/mol. The second-order valence-electron chi connectivity index (χ2n) is 7.52. The van der Waals surface area contributed by atoms with Gasteiger partial charge in [-0.05, 0) is 43.0 Å². The Kier molecular flexibility index (Phi) is 5.99. The van der Waals surface area contributed by atoms with Gasteiger partial charge in [0.2, 0.25) is 5.91 Å². The summed E-state index contributed by atoms with van der Waals surface area (Å²) in [7, 11) is 3.56. The lowest BCUT2D eigenvalue weighted by Crippen LogP contribution is -2.42. The lowest BCUT2D eigenvalue weighted by atomic mass is 9.82. The van der Waals surface area contributed by atoms with E-state index in [4.69, 9.17) is 0 Å². The number of amides is 1. The summed E-state index contributed by atoms with van der Waals surface area (Å²) in [4.78, 5) is 22.0. The van der Waals surface area contributed by atoms with E-state index in [0.717, 1.165) is 30.9 Å². The standard InChI is InChI=1S/C19H30N4OS/c1-14(17-9-6-10-25-17)21-19(20-11-18(24)22(2)3)23-12-15-7-4-5-8-16(15)13-23/h6,9-10,14-16H,4-5,7-8,11-13H2,1-3H3,(H,20,21). The molecule has 138 valence electrons. The maximum absolute atomic E-state index is 12.0. The van der Waals surface area contributed by atoms with Crippen LogP contribution in [-0.2, 0) is 4.79 Å². The van der Waals surface area contributed by atoms with Gasteiger partial charge in [-0.1, -0.05) is 18.9 Å². The van der Waals surface area contributed by atoms with E-state index >= 15 is 0 Å². The molecule has 1 N–H and O–H groups in total. The fraction of sp³-hybridized carbons (Fsp3) is 0.684. The highest BCUT2D eigenvalue weighted by atomic mass is 32.1. The highest BCUT2D eigenvalue weighted by Crippen LogP contribution is 2.36. The zero-order chi connectivity index (χ0) is 17.8. The van der Waals surface area contributed by atoms with Crippen molar-refractivity contribution in [3.05, 3.63) is 22.4 Å². The minimum absolute atomic E-state index is 0.0414. The number of carbonyl (C=O) groups excluding carboxylic acids is 1. The van der Waals surface area contributed by atoms with E-state index in [2.05, 4.69) is 39.6 Å². The Labute approximate surface area is 155 Å². The van der Waals surface area contributed by atoms with Crippen LogP contribution in [-0.4, -0.2) is 55.4 Å². The Morgan fingerprint density at radius 1 is 1.36 bits per heavy atom. The highest BCUT2D eigenvalue weighted by Gasteiger charge is 2.36. The molecular formula is C19H30N4OS. The van der Waals surface area contributed by atoms with Gasteiger partial charge in [0.15, 0.2) is 5.96 Å². The van der Waals surface area contributed by atoms with Crippen LogP contribution in [0.15, 0.2) is 22.5 Å². The zero-order valence-electron chi connectivity index (χ0n) is 15.6. The third kappa shape index (κ3) is 4.54. The lowest BCUT2D eigenvalue weighted by molar-refractivity contribution is -0.127. The van der Waals surface area contributed by atoms with Crippen LogP contribution < -0.4 is 5.32 Å². The number of rotatable bonds is 4. The Hall–Kier alpha value is -1.56. The van der Waals surface area contributed by atoms with Crippen molar-refractivity contribution < 1.29 is 4.79 Å². The topological polar surface area (TPSA) is 47.9 Å². The molecule has 25 heavy (non-hydrogen) atoms. The van der Waals surface area contributed by atoms with Crippen molar-refractivity contribution in [2.24, 2.45) is 16.8 Å². The van der Waals surface area contributed by atoms with Crippen molar-refractivity contribution in [2.45, 2.75) is 38.6 Å².